The molecule has 0 aromatic heterocycles. The van der Waals surface area contributed by atoms with Crippen LogP contribution in [0.1, 0.15) is 12.5 Å². The highest BCUT2D eigenvalue weighted by Crippen LogP contribution is 2.51. The molecule has 0 aliphatic carbocycles. The first-order valence-corrected chi connectivity index (χ1v) is 13.7. The summed E-state index contributed by atoms with van der Waals surface area (Å²) in [5.41, 5.74) is 3.75. The fraction of sp³-hybridized carbons (Fsp3) is 0.103. The van der Waals surface area contributed by atoms with E-state index < -0.39 is 0 Å². The van der Waals surface area contributed by atoms with Crippen molar-refractivity contribution in [2.45, 2.75) is 18.7 Å². The van der Waals surface area contributed by atoms with Gasteiger partial charge in [0.1, 0.15) is 9.93 Å². The first-order chi connectivity index (χ1) is 17.5. The predicted octanol–water partition coefficient (Wildman–Crippen LogP) is 8.37. The number of benzene rings is 4. The van der Waals surface area contributed by atoms with E-state index in [-0.39, 0.29) is 5.91 Å². The van der Waals surface area contributed by atoms with Gasteiger partial charge in [0, 0.05) is 16.5 Å². The SMILES string of the molecule is CCN1/C(=C2/SC(=Nc3ccc4ccccc4c3)N(c3cccc(C)c3)C2=O)Sc2ccc(Cl)cc21. The number of halogens is 1. The quantitative estimate of drug-likeness (QED) is 0.251. The minimum atomic E-state index is -0.0648. The Kier molecular flexibility index (Phi) is 6.04. The zero-order chi connectivity index (χ0) is 24.8. The highest BCUT2D eigenvalue weighted by molar-refractivity contribution is 8.20. The van der Waals surface area contributed by atoms with Crippen LogP contribution in [-0.2, 0) is 4.79 Å². The third kappa shape index (κ3) is 4.09. The topological polar surface area (TPSA) is 35.9 Å². The minimum Gasteiger partial charge on any atom is -0.334 e. The van der Waals surface area contributed by atoms with Crippen LogP contribution in [0.4, 0.5) is 17.1 Å². The fourth-order valence-electron chi connectivity index (χ4n) is 4.47. The van der Waals surface area contributed by atoms with Gasteiger partial charge in [-0.2, -0.15) is 0 Å². The summed E-state index contributed by atoms with van der Waals surface area (Å²) < 4.78 is 0. The van der Waals surface area contributed by atoms with Gasteiger partial charge in [-0.3, -0.25) is 9.69 Å². The molecule has 7 heteroatoms. The molecule has 4 nitrogen and oxygen atoms in total. The van der Waals surface area contributed by atoms with Gasteiger partial charge in [0.15, 0.2) is 5.17 Å². The Balaban J connectivity index is 1.48. The summed E-state index contributed by atoms with van der Waals surface area (Å²) in [6.07, 6.45) is 0. The molecule has 0 unspecified atom stereocenters. The Hall–Kier alpha value is -3.19. The molecule has 2 aliphatic heterocycles. The predicted molar refractivity (Wildman–Crippen MR) is 155 cm³/mol. The van der Waals surface area contributed by atoms with Crippen molar-refractivity contribution in [3.05, 3.63) is 105 Å². The van der Waals surface area contributed by atoms with Gasteiger partial charge in [0.05, 0.1) is 17.1 Å². The van der Waals surface area contributed by atoms with Crippen molar-refractivity contribution >= 4 is 74.0 Å². The average Bonchev–Trinajstić information content (AvgIpc) is 3.40. The Morgan fingerprint density at radius 2 is 1.72 bits per heavy atom. The van der Waals surface area contributed by atoms with Gasteiger partial charge in [0.25, 0.3) is 5.91 Å². The fourth-order valence-corrected chi connectivity index (χ4v) is 7.01. The lowest BCUT2D eigenvalue weighted by atomic mass is 10.1. The first kappa shape index (κ1) is 23.2. The van der Waals surface area contributed by atoms with Gasteiger partial charge in [-0.05, 0) is 84.4 Å². The van der Waals surface area contributed by atoms with Crippen LogP contribution >= 0.6 is 35.1 Å². The van der Waals surface area contributed by atoms with Crippen LogP contribution in [0.5, 0.6) is 0 Å². The van der Waals surface area contributed by atoms with Crippen LogP contribution in [-0.4, -0.2) is 17.6 Å². The number of aryl methyl sites for hydroxylation is 1. The monoisotopic (exact) mass is 527 g/mol. The molecule has 0 radical (unpaired) electrons. The largest absolute Gasteiger partial charge is 0.334 e. The van der Waals surface area contributed by atoms with Crippen molar-refractivity contribution in [3.8, 4) is 0 Å². The number of amides is 1. The van der Waals surface area contributed by atoms with E-state index in [0.29, 0.717) is 15.1 Å². The second-order valence-electron chi connectivity index (χ2n) is 8.60. The minimum absolute atomic E-state index is 0.0648. The summed E-state index contributed by atoms with van der Waals surface area (Å²) >= 11 is 9.35. The van der Waals surface area contributed by atoms with Crippen molar-refractivity contribution in [2.75, 3.05) is 16.3 Å². The van der Waals surface area contributed by atoms with Crippen molar-refractivity contribution in [2.24, 2.45) is 4.99 Å². The number of thioether (sulfide) groups is 2. The van der Waals surface area contributed by atoms with Gasteiger partial charge in [-0.1, -0.05) is 65.8 Å². The van der Waals surface area contributed by atoms with Crippen molar-refractivity contribution in [3.63, 3.8) is 0 Å². The molecule has 1 amide bonds. The maximum atomic E-state index is 14.0. The van der Waals surface area contributed by atoms with E-state index in [0.717, 1.165) is 49.9 Å². The Morgan fingerprint density at radius 3 is 2.53 bits per heavy atom. The normalized spacial score (nSPS) is 18.5. The third-order valence-corrected chi connectivity index (χ3v) is 8.75. The van der Waals surface area contributed by atoms with E-state index in [9.17, 15) is 4.79 Å². The summed E-state index contributed by atoms with van der Waals surface area (Å²) in [7, 11) is 0. The van der Waals surface area contributed by atoms with E-state index in [2.05, 4.69) is 36.1 Å². The molecule has 0 saturated carbocycles. The maximum absolute atomic E-state index is 14.0. The molecule has 0 atom stereocenters. The molecule has 1 fully saturated rings. The van der Waals surface area contributed by atoms with E-state index in [4.69, 9.17) is 16.6 Å². The summed E-state index contributed by atoms with van der Waals surface area (Å²) in [4.78, 5) is 24.7. The summed E-state index contributed by atoms with van der Waals surface area (Å²) in [6.45, 7) is 4.85. The van der Waals surface area contributed by atoms with E-state index in [1.54, 1.807) is 16.7 Å². The maximum Gasteiger partial charge on any atom is 0.274 e. The van der Waals surface area contributed by atoms with E-state index in [1.807, 2.05) is 67.6 Å². The van der Waals surface area contributed by atoms with Crippen molar-refractivity contribution in [1.82, 2.24) is 0 Å². The van der Waals surface area contributed by atoms with E-state index in [1.165, 1.54) is 11.8 Å². The molecule has 0 bridgehead atoms. The molecule has 2 heterocycles. The average molecular weight is 528 g/mol. The number of aliphatic imine (C=N–C) groups is 1. The van der Waals surface area contributed by atoms with Crippen LogP contribution in [0.3, 0.4) is 0 Å². The number of fused-ring (bicyclic) bond motifs is 2. The van der Waals surface area contributed by atoms with Crippen molar-refractivity contribution < 1.29 is 4.79 Å². The van der Waals surface area contributed by atoms with Crippen LogP contribution in [0.15, 0.2) is 105 Å². The Bertz CT molecular complexity index is 1600. The molecule has 36 heavy (non-hydrogen) atoms. The lowest BCUT2D eigenvalue weighted by molar-refractivity contribution is -0.113. The number of carbonyl (C=O) groups excluding carboxylic acids is 1. The number of rotatable bonds is 3. The van der Waals surface area contributed by atoms with Gasteiger partial charge >= 0.3 is 0 Å². The lowest BCUT2D eigenvalue weighted by Gasteiger charge is -2.19. The molecule has 6 rings (SSSR count). The molecule has 2 aliphatic rings. The smallest absolute Gasteiger partial charge is 0.274 e. The number of amidine groups is 1. The summed E-state index contributed by atoms with van der Waals surface area (Å²) in [6, 6.07) is 28.2. The highest BCUT2D eigenvalue weighted by atomic mass is 35.5. The highest BCUT2D eigenvalue weighted by Gasteiger charge is 2.40. The van der Waals surface area contributed by atoms with E-state index >= 15 is 0 Å². The molecular weight excluding hydrogens is 506 g/mol. The lowest BCUT2D eigenvalue weighted by Crippen LogP contribution is -2.29. The van der Waals surface area contributed by atoms with Crippen LogP contribution < -0.4 is 9.80 Å². The zero-order valence-corrected chi connectivity index (χ0v) is 22.1. The molecule has 4 aromatic carbocycles. The van der Waals surface area contributed by atoms with Gasteiger partial charge < -0.3 is 4.90 Å². The second-order valence-corrected chi connectivity index (χ2v) is 11.0. The third-order valence-electron chi connectivity index (χ3n) is 6.17. The molecular formula is C29H22ClN3OS2. The number of carbonyl (C=O) groups is 1. The molecule has 4 aromatic rings. The Labute approximate surface area is 223 Å². The summed E-state index contributed by atoms with van der Waals surface area (Å²) in [5, 5.41) is 4.53. The standard InChI is InChI=1S/C29H22ClN3OS2/c1-3-32-24-17-21(30)12-14-25(24)35-28(32)26-27(34)33(23-10-6-7-18(2)15-23)29(36-26)31-22-13-11-19-8-4-5-9-20(19)16-22/h4-17H,3H2,1-2H3/b28-26-,31-29?. The zero-order valence-electron chi connectivity index (χ0n) is 19.7. The molecule has 1 saturated heterocycles. The number of hydrogen-bond donors (Lipinski definition) is 0. The molecule has 178 valence electrons. The van der Waals surface area contributed by atoms with Gasteiger partial charge in [-0.25, -0.2) is 4.99 Å². The molecule has 0 N–H and O–H groups in total. The van der Waals surface area contributed by atoms with Gasteiger partial charge in [-0.15, -0.1) is 0 Å². The van der Waals surface area contributed by atoms with Crippen LogP contribution in [0, 0.1) is 6.92 Å². The number of anilines is 2. The Morgan fingerprint density at radius 1 is 0.889 bits per heavy atom. The second kappa shape index (κ2) is 9.36. The molecule has 0 spiro atoms. The number of nitrogens with zero attached hydrogens (tertiary/aromatic N) is 3. The van der Waals surface area contributed by atoms with Crippen molar-refractivity contribution in [1.29, 1.82) is 0 Å². The number of hydrogen-bond acceptors (Lipinski definition) is 5. The first-order valence-electron chi connectivity index (χ1n) is 11.7. The van der Waals surface area contributed by atoms with Crippen LogP contribution in [0.2, 0.25) is 5.02 Å². The summed E-state index contributed by atoms with van der Waals surface area (Å²) in [5.74, 6) is -0.0648. The van der Waals surface area contributed by atoms with Crippen LogP contribution in [0.25, 0.3) is 10.8 Å². The van der Waals surface area contributed by atoms with Gasteiger partial charge in [0.2, 0.25) is 0 Å².